The molecule has 0 rings (SSSR count). The number of rotatable bonds is 3. The summed E-state index contributed by atoms with van der Waals surface area (Å²) >= 11 is 5.50. The second-order valence-electron chi connectivity index (χ2n) is 3.94. The average Bonchev–Trinajstić information content (AvgIpc) is 1.96. The van der Waals surface area contributed by atoms with Crippen molar-refractivity contribution in [2.24, 2.45) is 0 Å². The number of hydrogen-bond donors (Lipinski definition) is 0. The Kier molecular flexibility index (Phi) is 8.36. The molecule has 0 heterocycles. The van der Waals surface area contributed by atoms with Crippen molar-refractivity contribution in [2.75, 3.05) is 19.5 Å². The number of carbonyl (C=O) groups is 1. The molecule has 0 fully saturated rings. The van der Waals surface area contributed by atoms with Crippen LogP contribution in [-0.2, 0) is 4.74 Å². The lowest BCUT2D eigenvalue weighted by Crippen LogP contribution is -2.34. The van der Waals surface area contributed by atoms with Crippen LogP contribution in [0.15, 0.2) is 0 Å². The molecular formula is C9H19Cl2NO2. The molecule has 0 aromatic carbocycles. The molecule has 0 radical (unpaired) electrons. The highest BCUT2D eigenvalue weighted by molar-refractivity contribution is 6.17. The van der Waals surface area contributed by atoms with Gasteiger partial charge in [0, 0.05) is 19.5 Å². The predicted octanol–water partition coefficient (Wildman–Crippen LogP) is 2.90. The average molecular weight is 244 g/mol. The zero-order chi connectivity index (χ0) is 10.5. The first-order valence-corrected chi connectivity index (χ1v) is 4.90. The molecular weight excluding hydrogens is 225 g/mol. The third-order valence-electron chi connectivity index (χ3n) is 1.33. The molecule has 1 amide bonds. The van der Waals surface area contributed by atoms with Gasteiger partial charge in [-0.2, -0.15) is 0 Å². The maximum atomic E-state index is 11.3. The molecule has 5 heteroatoms. The van der Waals surface area contributed by atoms with Crippen molar-refractivity contribution >= 4 is 30.1 Å². The number of alkyl halides is 1. The first kappa shape index (κ1) is 16.3. The molecule has 0 saturated heterocycles. The van der Waals surface area contributed by atoms with Crippen LogP contribution in [0.3, 0.4) is 0 Å². The van der Waals surface area contributed by atoms with E-state index in [4.69, 9.17) is 16.3 Å². The summed E-state index contributed by atoms with van der Waals surface area (Å²) in [7, 11) is 1.71. The predicted molar refractivity (Wildman–Crippen MR) is 61.4 cm³/mol. The summed E-state index contributed by atoms with van der Waals surface area (Å²) in [5, 5.41) is 0. The van der Waals surface area contributed by atoms with Crippen LogP contribution in [0.4, 0.5) is 4.79 Å². The van der Waals surface area contributed by atoms with Gasteiger partial charge in [-0.15, -0.1) is 24.0 Å². The van der Waals surface area contributed by atoms with Gasteiger partial charge in [-0.3, -0.25) is 0 Å². The maximum absolute atomic E-state index is 11.3. The molecule has 0 N–H and O–H groups in total. The summed E-state index contributed by atoms with van der Waals surface area (Å²) in [6.07, 6.45) is 0.495. The molecule has 0 aromatic rings. The molecule has 0 aliphatic heterocycles. The third-order valence-corrected chi connectivity index (χ3v) is 1.60. The fourth-order valence-corrected chi connectivity index (χ4v) is 0.848. The number of hydrogen-bond acceptors (Lipinski definition) is 2. The zero-order valence-electron chi connectivity index (χ0n) is 9.17. The van der Waals surface area contributed by atoms with E-state index in [2.05, 4.69) is 0 Å². The molecule has 0 aliphatic rings. The Morgan fingerprint density at radius 3 is 2.29 bits per heavy atom. The minimum absolute atomic E-state index is 0. The Morgan fingerprint density at radius 2 is 1.93 bits per heavy atom. The standard InChI is InChI=1S/C9H18ClNO2.ClH/c1-9(2,3)13-8(12)11(4)7-5-6-10;/h5-7H2,1-4H3;1H. The number of amides is 1. The van der Waals surface area contributed by atoms with Gasteiger partial charge in [-0.1, -0.05) is 0 Å². The molecule has 14 heavy (non-hydrogen) atoms. The number of carbonyl (C=O) groups excluding carboxylic acids is 1. The van der Waals surface area contributed by atoms with Crippen molar-refractivity contribution in [2.45, 2.75) is 32.8 Å². The molecule has 3 nitrogen and oxygen atoms in total. The summed E-state index contributed by atoms with van der Waals surface area (Å²) < 4.78 is 5.14. The quantitative estimate of drug-likeness (QED) is 0.714. The van der Waals surface area contributed by atoms with E-state index in [0.29, 0.717) is 12.4 Å². The van der Waals surface area contributed by atoms with E-state index >= 15 is 0 Å². The lowest BCUT2D eigenvalue weighted by molar-refractivity contribution is 0.0299. The van der Waals surface area contributed by atoms with Crippen LogP contribution in [0.25, 0.3) is 0 Å². The molecule has 0 saturated carbocycles. The normalized spacial score (nSPS) is 10.4. The summed E-state index contributed by atoms with van der Waals surface area (Å²) in [5.41, 5.74) is -0.424. The first-order chi connectivity index (χ1) is 5.87. The van der Waals surface area contributed by atoms with Gasteiger partial charge in [-0.25, -0.2) is 4.79 Å². The molecule has 0 aromatic heterocycles. The van der Waals surface area contributed by atoms with Crippen LogP contribution < -0.4 is 0 Å². The zero-order valence-corrected chi connectivity index (χ0v) is 10.7. The van der Waals surface area contributed by atoms with Gasteiger partial charge in [0.2, 0.25) is 0 Å². The Bertz CT molecular complexity index is 169. The van der Waals surface area contributed by atoms with Gasteiger partial charge in [0.1, 0.15) is 5.60 Å². The highest BCUT2D eigenvalue weighted by Crippen LogP contribution is 2.09. The van der Waals surface area contributed by atoms with Crippen LogP contribution in [0, 0.1) is 0 Å². The monoisotopic (exact) mass is 243 g/mol. The number of ether oxygens (including phenoxy) is 1. The fraction of sp³-hybridized carbons (Fsp3) is 0.889. The fourth-order valence-electron chi connectivity index (χ4n) is 0.728. The molecule has 0 aliphatic carbocycles. The summed E-state index contributed by atoms with van der Waals surface area (Å²) in [6.45, 7) is 6.18. The van der Waals surface area contributed by atoms with E-state index in [1.807, 2.05) is 20.8 Å². The first-order valence-electron chi connectivity index (χ1n) is 4.37. The van der Waals surface area contributed by atoms with Gasteiger partial charge in [-0.05, 0) is 27.2 Å². The van der Waals surface area contributed by atoms with Gasteiger partial charge in [0.25, 0.3) is 0 Å². The van der Waals surface area contributed by atoms with Crippen molar-refractivity contribution in [3.05, 3.63) is 0 Å². The maximum Gasteiger partial charge on any atom is 0.410 e. The van der Waals surface area contributed by atoms with E-state index in [1.54, 1.807) is 7.05 Å². The summed E-state index contributed by atoms with van der Waals surface area (Å²) in [6, 6.07) is 0. The van der Waals surface area contributed by atoms with Crippen molar-refractivity contribution in [3.63, 3.8) is 0 Å². The smallest absolute Gasteiger partial charge is 0.410 e. The molecule has 0 atom stereocenters. The van der Waals surface area contributed by atoms with Crippen molar-refractivity contribution < 1.29 is 9.53 Å². The third kappa shape index (κ3) is 8.45. The second-order valence-corrected chi connectivity index (χ2v) is 4.32. The molecule has 0 unspecified atom stereocenters. The largest absolute Gasteiger partial charge is 0.444 e. The van der Waals surface area contributed by atoms with Gasteiger partial charge < -0.3 is 9.64 Å². The Balaban J connectivity index is 0. The van der Waals surface area contributed by atoms with E-state index in [-0.39, 0.29) is 18.5 Å². The van der Waals surface area contributed by atoms with Crippen LogP contribution in [0.1, 0.15) is 27.2 Å². The van der Waals surface area contributed by atoms with E-state index < -0.39 is 5.60 Å². The van der Waals surface area contributed by atoms with Gasteiger partial charge in [0.15, 0.2) is 0 Å². The van der Waals surface area contributed by atoms with Crippen LogP contribution in [-0.4, -0.2) is 36.1 Å². The highest BCUT2D eigenvalue weighted by Gasteiger charge is 2.18. The minimum atomic E-state index is -0.424. The van der Waals surface area contributed by atoms with Gasteiger partial charge in [0.05, 0.1) is 0 Å². The molecule has 0 spiro atoms. The summed E-state index contributed by atoms with van der Waals surface area (Å²) in [5.74, 6) is 0.563. The molecule has 0 bridgehead atoms. The van der Waals surface area contributed by atoms with Gasteiger partial charge >= 0.3 is 6.09 Å². The minimum Gasteiger partial charge on any atom is -0.444 e. The van der Waals surface area contributed by atoms with E-state index in [9.17, 15) is 4.79 Å². The van der Waals surface area contributed by atoms with Crippen LogP contribution in [0.2, 0.25) is 0 Å². The summed E-state index contributed by atoms with van der Waals surface area (Å²) in [4.78, 5) is 12.9. The Hall–Kier alpha value is -0.150. The van der Waals surface area contributed by atoms with Crippen LogP contribution in [0.5, 0.6) is 0 Å². The SMILES string of the molecule is CN(CCCCl)C(=O)OC(C)(C)C.Cl. The van der Waals surface area contributed by atoms with Crippen molar-refractivity contribution in [1.82, 2.24) is 4.90 Å². The second kappa shape index (κ2) is 7.18. The topological polar surface area (TPSA) is 29.5 Å². The lowest BCUT2D eigenvalue weighted by atomic mass is 10.2. The van der Waals surface area contributed by atoms with E-state index in [1.165, 1.54) is 4.90 Å². The van der Waals surface area contributed by atoms with Crippen molar-refractivity contribution in [1.29, 1.82) is 0 Å². The highest BCUT2D eigenvalue weighted by atomic mass is 35.5. The Labute approximate surface area is 97.2 Å². The molecule has 86 valence electrons. The Morgan fingerprint density at radius 1 is 1.43 bits per heavy atom. The number of halogens is 2. The van der Waals surface area contributed by atoms with E-state index in [0.717, 1.165) is 6.42 Å². The van der Waals surface area contributed by atoms with Crippen molar-refractivity contribution in [3.8, 4) is 0 Å². The number of nitrogens with zero attached hydrogens (tertiary/aromatic N) is 1. The van der Waals surface area contributed by atoms with Crippen LogP contribution >= 0.6 is 24.0 Å². The lowest BCUT2D eigenvalue weighted by Gasteiger charge is -2.24.